The molecular formula is C17H20N6O3. The van der Waals surface area contributed by atoms with Crippen LogP contribution >= 0.6 is 0 Å². The van der Waals surface area contributed by atoms with Crippen LogP contribution in [0.4, 0.5) is 0 Å². The first-order chi connectivity index (χ1) is 12.6. The molecule has 1 amide bonds. The molecule has 0 aliphatic heterocycles. The first kappa shape index (κ1) is 17.5. The van der Waals surface area contributed by atoms with Crippen LogP contribution < -0.4 is 14.8 Å². The lowest BCUT2D eigenvalue weighted by Gasteiger charge is -2.11. The molecule has 0 aliphatic carbocycles. The number of H-pyrrole nitrogens is 1. The van der Waals surface area contributed by atoms with E-state index in [1.54, 1.807) is 24.1 Å². The number of carbonyl (C=O) groups excluding carboxylic acids is 1. The van der Waals surface area contributed by atoms with Crippen molar-refractivity contribution in [2.24, 2.45) is 7.05 Å². The summed E-state index contributed by atoms with van der Waals surface area (Å²) in [6.45, 7) is 2.07. The van der Waals surface area contributed by atoms with E-state index in [4.69, 9.17) is 9.47 Å². The van der Waals surface area contributed by atoms with Gasteiger partial charge >= 0.3 is 0 Å². The third-order valence-electron chi connectivity index (χ3n) is 3.80. The summed E-state index contributed by atoms with van der Waals surface area (Å²) in [7, 11) is 3.40. The average molecular weight is 356 g/mol. The number of nitrogens with zero attached hydrogens (tertiary/aromatic N) is 4. The second-order valence-corrected chi connectivity index (χ2v) is 5.71. The van der Waals surface area contributed by atoms with E-state index in [0.29, 0.717) is 23.0 Å². The minimum absolute atomic E-state index is 0.236. The van der Waals surface area contributed by atoms with E-state index in [1.165, 1.54) is 0 Å². The van der Waals surface area contributed by atoms with Crippen LogP contribution in [0.2, 0.25) is 0 Å². The summed E-state index contributed by atoms with van der Waals surface area (Å²) < 4.78 is 12.7. The number of nitrogens with one attached hydrogen (secondary N) is 2. The highest BCUT2D eigenvalue weighted by Gasteiger charge is 2.17. The van der Waals surface area contributed by atoms with E-state index in [1.807, 2.05) is 38.2 Å². The topological polar surface area (TPSA) is 107 Å². The highest BCUT2D eigenvalue weighted by molar-refractivity contribution is 5.92. The molecule has 0 saturated carbocycles. The number of ether oxygens (including phenoxy) is 2. The fraction of sp³-hybridized carbons (Fsp3) is 0.294. The molecule has 0 aliphatic rings. The summed E-state index contributed by atoms with van der Waals surface area (Å²) in [5, 5.41) is 17.5. The van der Waals surface area contributed by atoms with Crippen molar-refractivity contribution in [3.8, 4) is 11.5 Å². The molecule has 3 rings (SSSR count). The number of benzene rings is 1. The van der Waals surface area contributed by atoms with Gasteiger partial charge in [-0.1, -0.05) is 12.1 Å². The number of methoxy groups -OCH3 is 1. The van der Waals surface area contributed by atoms with E-state index in [-0.39, 0.29) is 24.2 Å². The SMILES string of the molecule is COc1ccccc1OCc1cc(C(=O)N[C@H](C)c2nncn2C)n[nH]1. The first-order valence-electron chi connectivity index (χ1n) is 8.03. The quantitative estimate of drug-likeness (QED) is 0.666. The number of rotatable bonds is 7. The van der Waals surface area contributed by atoms with Crippen LogP contribution in [0, 0.1) is 0 Å². The van der Waals surface area contributed by atoms with Crippen LogP contribution in [0.15, 0.2) is 36.7 Å². The van der Waals surface area contributed by atoms with Crippen LogP contribution in [-0.4, -0.2) is 38.0 Å². The number of hydrogen-bond acceptors (Lipinski definition) is 6. The summed E-state index contributed by atoms with van der Waals surface area (Å²) >= 11 is 0. The van der Waals surface area contributed by atoms with Crippen molar-refractivity contribution in [3.63, 3.8) is 0 Å². The summed E-state index contributed by atoms with van der Waals surface area (Å²) in [5.41, 5.74) is 0.949. The van der Waals surface area contributed by atoms with Crippen molar-refractivity contribution in [2.75, 3.05) is 7.11 Å². The number of aryl methyl sites for hydroxylation is 1. The first-order valence-corrected chi connectivity index (χ1v) is 8.03. The van der Waals surface area contributed by atoms with Crippen molar-refractivity contribution in [1.29, 1.82) is 0 Å². The molecule has 0 saturated heterocycles. The number of carbonyl (C=O) groups is 1. The van der Waals surface area contributed by atoms with E-state index in [2.05, 4.69) is 25.7 Å². The van der Waals surface area contributed by atoms with Gasteiger partial charge in [0.15, 0.2) is 17.3 Å². The zero-order chi connectivity index (χ0) is 18.5. The summed E-state index contributed by atoms with van der Waals surface area (Å²) in [6.07, 6.45) is 1.58. The van der Waals surface area contributed by atoms with Crippen molar-refractivity contribution >= 4 is 5.91 Å². The molecule has 0 bridgehead atoms. The van der Waals surface area contributed by atoms with Gasteiger partial charge < -0.3 is 19.4 Å². The second kappa shape index (κ2) is 7.68. The van der Waals surface area contributed by atoms with Gasteiger partial charge in [0.2, 0.25) is 0 Å². The van der Waals surface area contributed by atoms with E-state index in [0.717, 1.165) is 0 Å². The molecule has 3 aromatic rings. The predicted octanol–water partition coefficient (Wildman–Crippen LogP) is 1.62. The van der Waals surface area contributed by atoms with Gasteiger partial charge in [0.25, 0.3) is 5.91 Å². The molecule has 2 aromatic heterocycles. The third-order valence-corrected chi connectivity index (χ3v) is 3.80. The average Bonchev–Trinajstić information content (AvgIpc) is 3.29. The lowest BCUT2D eigenvalue weighted by atomic mass is 10.3. The van der Waals surface area contributed by atoms with Gasteiger partial charge in [0, 0.05) is 7.05 Å². The lowest BCUT2D eigenvalue weighted by molar-refractivity contribution is 0.0932. The minimum atomic E-state index is -0.305. The van der Waals surface area contributed by atoms with Crippen molar-refractivity contribution < 1.29 is 14.3 Å². The number of aromatic nitrogens is 5. The van der Waals surface area contributed by atoms with Crippen LogP contribution in [0.3, 0.4) is 0 Å². The molecule has 136 valence electrons. The molecule has 1 aromatic carbocycles. The zero-order valence-electron chi connectivity index (χ0n) is 14.8. The summed E-state index contributed by atoms with van der Waals surface area (Å²) in [6, 6.07) is 8.70. The number of amides is 1. The van der Waals surface area contributed by atoms with Gasteiger partial charge in [-0.3, -0.25) is 9.89 Å². The van der Waals surface area contributed by atoms with E-state index >= 15 is 0 Å². The molecule has 9 heteroatoms. The maximum atomic E-state index is 12.3. The van der Waals surface area contributed by atoms with E-state index in [9.17, 15) is 4.79 Å². The third kappa shape index (κ3) is 3.82. The molecule has 2 N–H and O–H groups in total. The lowest BCUT2D eigenvalue weighted by Crippen LogP contribution is -2.28. The predicted molar refractivity (Wildman–Crippen MR) is 92.8 cm³/mol. The van der Waals surface area contributed by atoms with Gasteiger partial charge in [-0.25, -0.2) is 0 Å². The Bertz CT molecular complexity index is 888. The highest BCUT2D eigenvalue weighted by Crippen LogP contribution is 2.26. The Labute approximate surface area is 150 Å². The highest BCUT2D eigenvalue weighted by atomic mass is 16.5. The normalized spacial score (nSPS) is 11.8. The van der Waals surface area contributed by atoms with Gasteiger partial charge in [0.05, 0.1) is 18.8 Å². The van der Waals surface area contributed by atoms with Crippen molar-refractivity contribution in [2.45, 2.75) is 19.6 Å². The van der Waals surface area contributed by atoms with Gasteiger partial charge in [-0.15, -0.1) is 10.2 Å². The van der Waals surface area contributed by atoms with Gasteiger partial charge in [0.1, 0.15) is 18.6 Å². The molecule has 26 heavy (non-hydrogen) atoms. The Morgan fingerprint density at radius 2 is 2.12 bits per heavy atom. The summed E-state index contributed by atoms with van der Waals surface area (Å²) in [4.78, 5) is 12.3. The van der Waals surface area contributed by atoms with Gasteiger partial charge in [-0.05, 0) is 25.1 Å². The van der Waals surface area contributed by atoms with Crippen LogP contribution in [0.25, 0.3) is 0 Å². The van der Waals surface area contributed by atoms with Crippen LogP contribution in [-0.2, 0) is 13.7 Å². The summed E-state index contributed by atoms with van der Waals surface area (Å²) in [5.74, 6) is 1.61. The fourth-order valence-corrected chi connectivity index (χ4v) is 2.46. The Kier molecular flexibility index (Phi) is 5.16. The maximum Gasteiger partial charge on any atom is 0.272 e. The molecule has 0 unspecified atom stereocenters. The standard InChI is InChI=1S/C17H20N6O3/c1-11(16-22-18-10-23(16)2)19-17(24)13-8-12(20-21-13)9-26-15-7-5-4-6-14(15)25-3/h4-8,10-11H,9H2,1-3H3,(H,19,24)(H,20,21)/t11-/m1/s1. The monoisotopic (exact) mass is 356 g/mol. The molecule has 0 spiro atoms. The Hall–Kier alpha value is -3.36. The van der Waals surface area contributed by atoms with Crippen LogP contribution in [0.5, 0.6) is 11.5 Å². The smallest absolute Gasteiger partial charge is 0.272 e. The molecule has 1 atom stereocenters. The maximum absolute atomic E-state index is 12.3. The number of hydrogen-bond donors (Lipinski definition) is 2. The Morgan fingerprint density at radius 3 is 2.81 bits per heavy atom. The Morgan fingerprint density at radius 1 is 1.35 bits per heavy atom. The molecule has 9 nitrogen and oxygen atoms in total. The number of para-hydroxylation sites is 2. The molecule has 2 heterocycles. The van der Waals surface area contributed by atoms with Crippen molar-refractivity contribution in [3.05, 3.63) is 53.9 Å². The zero-order valence-corrected chi connectivity index (χ0v) is 14.8. The molecule has 0 radical (unpaired) electrons. The minimum Gasteiger partial charge on any atom is -0.493 e. The molecular weight excluding hydrogens is 336 g/mol. The fourth-order valence-electron chi connectivity index (χ4n) is 2.46. The van der Waals surface area contributed by atoms with Crippen LogP contribution in [0.1, 0.15) is 35.0 Å². The number of aromatic amines is 1. The molecule has 0 fully saturated rings. The second-order valence-electron chi connectivity index (χ2n) is 5.71. The van der Waals surface area contributed by atoms with Crippen molar-refractivity contribution in [1.82, 2.24) is 30.3 Å². The Balaban J connectivity index is 1.60. The van der Waals surface area contributed by atoms with Gasteiger partial charge in [-0.2, -0.15) is 5.10 Å². The van der Waals surface area contributed by atoms with E-state index < -0.39 is 0 Å². The largest absolute Gasteiger partial charge is 0.493 e.